The molecule has 3 aliphatic heterocycles. The molecule has 2 bridgehead atoms. The Labute approximate surface area is 129 Å². The van der Waals surface area contributed by atoms with E-state index in [1.54, 1.807) is 0 Å². The Bertz CT molecular complexity index is 466. The number of piperazine rings is 3. The van der Waals surface area contributed by atoms with Gasteiger partial charge in [0.2, 0.25) is 0 Å². The number of rotatable bonds is 3. The average Bonchev–Trinajstić information content (AvgIpc) is 2.49. The normalized spacial score (nSPS) is 30.4. The van der Waals surface area contributed by atoms with Crippen LogP contribution in [0.5, 0.6) is 0 Å². The number of likely N-dealkylation sites (N-methyl/N-ethyl adjacent to an activating group) is 1. The molecule has 0 aliphatic carbocycles. The maximum absolute atomic E-state index is 3.56. The molecule has 0 spiro atoms. The summed E-state index contributed by atoms with van der Waals surface area (Å²) >= 11 is 0. The molecule has 0 aromatic heterocycles. The van der Waals surface area contributed by atoms with Crippen molar-refractivity contribution in [2.75, 3.05) is 39.8 Å². The molecule has 3 fully saturated rings. The third-order valence-corrected chi connectivity index (χ3v) is 5.15. The summed E-state index contributed by atoms with van der Waals surface area (Å²) in [6.07, 6.45) is 0. The maximum Gasteiger partial charge on any atom is 0.0488 e. The van der Waals surface area contributed by atoms with Gasteiger partial charge in [-0.15, -0.1) is 0 Å². The maximum atomic E-state index is 3.56. The minimum Gasteiger partial charge on any atom is -0.312 e. The summed E-state index contributed by atoms with van der Waals surface area (Å²) in [4.78, 5) is 5.28. The van der Waals surface area contributed by atoms with Crippen LogP contribution in [0.25, 0.3) is 0 Å². The van der Waals surface area contributed by atoms with E-state index in [1.807, 2.05) is 0 Å². The molecular weight excluding hydrogens is 258 g/mol. The minimum absolute atomic E-state index is 0.229. The first-order chi connectivity index (χ1) is 9.99. The van der Waals surface area contributed by atoms with Gasteiger partial charge >= 0.3 is 0 Å². The van der Waals surface area contributed by atoms with Crippen molar-refractivity contribution < 1.29 is 0 Å². The van der Waals surface area contributed by atoms with E-state index in [2.05, 4.69) is 67.2 Å². The predicted molar refractivity (Wildman–Crippen MR) is 88.7 cm³/mol. The van der Waals surface area contributed by atoms with Gasteiger partial charge in [-0.05, 0) is 23.6 Å². The van der Waals surface area contributed by atoms with Gasteiger partial charge in [-0.25, -0.2) is 0 Å². The first-order valence-corrected chi connectivity index (χ1v) is 8.23. The van der Waals surface area contributed by atoms with Crippen LogP contribution in [-0.2, 0) is 5.41 Å². The molecule has 3 nitrogen and oxygen atoms in total. The molecule has 2 unspecified atom stereocenters. The summed E-state index contributed by atoms with van der Waals surface area (Å²) in [5, 5.41) is 3.56. The van der Waals surface area contributed by atoms with Crippen molar-refractivity contribution >= 4 is 0 Å². The fourth-order valence-electron chi connectivity index (χ4n) is 3.75. The van der Waals surface area contributed by atoms with Crippen LogP contribution >= 0.6 is 0 Å². The zero-order valence-electron chi connectivity index (χ0n) is 13.9. The topological polar surface area (TPSA) is 18.5 Å². The van der Waals surface area contributed by atoms with Crippen LogP contribution in [0.3, 0.4) is 0 Å². The lowest BCUT2D eigenvalue weighted by molar-refractivity contribution is -0.00254. The predicted octanol–water partition coefficient (Wildman–Crippen LogP) is 2.24. The number of nitrogens with one attached hydrogen (secondary N) is 1. The molecule has 0 saturated carbocycles. The van der Waals surface area contributed by atoms with Crippen LogP contribution < -0.4 is 5.32 Å². The molecule has 3 heteroatoms. The number of fused-ring (bicyclic) bond motifs is 3. The van der Waals surface area contributed by atoms with Gasteiger partial charge in [-0.3, -0.25) is 9.80 Å². The van der Waals surface area contributed by atoms with Crippen LogP contribution in [0.2, 0.25) is 0 Å². The van der Waals surface area contributed by atoms with E-state index < -0.39 is 0 Å². The lowest BCUT2D eigenvalue weighted by atomic mass is 9.85. The van der Waals surface area contributed by atoms with Crippen molar-refractivity contribution in [2.24, 2.45) is 0 Å². The number of benzene rings is 1. The Balaban J connectivity index is 1.80. The smallest absolute Gasteiger partial charge is 0.0488 e. The fourth-order valence-corrected chi connectivity index (χ4v) is 3.75. The molecule has 3 aliphatic rings. The van der Waals surface area contributed by atoms with Crippen molar-refractivity contribution in [1.29, 1.82) is 0 Å². The highest BCUT2D eigenvalue weighted by molar-refractivity contribution is 5.30. The van der Waals surface area contributed by atoms with Crippen LogP contribution in [-0.4, -0.2) is 55.6 Å². The first kappa shape index (κ1) is 15.0. The highest BCUT2D eigenvalue weighted by Gasteiger charge is 2.36. The second-order valence-electron chi connectivity index (χ2n) is 7.54. The molecule has 1 N–H and O–H groups in total. The van der Waals surface area contributed by atoms with Crippen LogP contribution in [0, 0.1) is 0 Å². The number of hydrogen-bond acceptors (Lipinski definition) is 3. The van der Waals surface area contributed by atoms with E-state index in [9.17, 15) is 0 Å². The Morgan fingerprint density at radius 1 is 1.05 bits per heavy atom. The first-order valence-electron chi connectivity index (χ1n) is 8.23. The second kappa shape index (κ2) is 5.71. The molecule has 2 atom stereocenters. The van der Waals surface area contributed by atoms with Gasteiger partial charge in [0.25, 0.3) is 0 Å². The monoisotopic (exact) mass is 287 g/mol. The summed E-state index contributed by atoms with van der Waals surface area (Å²) in [6.45, 7) is 13.0. The largest absolute Gasteiger partial charge is 0.312 e. The summed E-state index contributed by atoms with van der Waals surface area (Å²) in [7, 11) is 2.10. The highest BCUT2D eigenvalue weighted by atomic mass is 15.4. The Kier molecular flexibility index (Phi) is 4.08. The van der Waals surface area contributed by atoms with Gasteiger partial charge in [0.15, 0.2) is 0 Å². The van der Waals surface area contributed by atoms with Gasteiger partial charge in [0, 0.05) is 44.8 Å². The molecule has 3 heterocycles. The fraction of sp³-hybridized carbons (Fsp3) is 0.667. The standard InChI is InChI=1S/C18H29N3/c1-18(2,3)15-7-5-14(6-8-15)17(19-4)16-13-20-9-11-21(16)12-10-20/h5-8,16-17,19H,9-13H2,1-4H3. The van der Waals surface area contributed by atoms with E-state index in [1.165, 1.54) is 43.9 Å². The SMILES string of the molecule is CNC(c1ccc(C(C)(C)C)cc1)C1CN2CCN1CC2. The number of hydrogen-bond donors (Lipinski definition) is 1. The van der Waals surface area contributed by atoms with Crippen LogP contribution in [0.1, 0.15) is 37.9 Å². The van der Waals surface area contributed by atoms with Gasteiger partial charge in [-0.2, -0.15) is 0 Å². The molecule has 21 heavy (non-hydrogen) atoms. The zero-order chi connectivity index (χ0) is 15.0. The van der Waals surface area contributed by atoms with Gasteiger partial charge in [0.05, 0.1) is 0 Å². The zero-order valence-corrected chi connectivity index (χ0v) is 13.9. The third kappa shape index (κ3) is 3.01. The van der Waals surface area contributed by atoms with Gasteiger partial charge in [-0.1, -0.05) is 45.0 Å². The van der Waals surface area contributed by atoms with Crippen molar-refractivity contribution in [2.45, 2.75) is 38.3 Å². The molecular formula is C18H29N3. The Hall–Kier alpha value is -0.900. The van der Waals surface area contributed by atoms with Crippen molar-refractivity contribution in [3.63, 3.8) is 0 Å². The minimum atomic E-state index is 0.229. The summed E-state index contributed by atoms with van der Waals surface area (Å²) in [6, 6.07) is 10.3. The molecule has 1 aromatic rings. The van der Waals surface area contributed by atoms with Crippen molar-refractivity contribution in [1.82, 2.24) is 15.1 Å². The van der Waals surface area contributed by atoms with E-state index in [0.717, 1.165) is 0 Å². The molecule has 0 amide bonds. The lowest BCUT2D eigenvalue weighted by Crippen LogP contribution is -2.63. The Morgan fingerprint density at radius 2 is 1.67 bits per heavy atom. The Morgan fingerprint density at radius 3 is 2.10 bits per heavy atom. The molecule has 1 aromatic carbocycles. The van der Waals surface area contributed by atoms with Crippen LogP contribution in [0.4, 0.5) is 0 Å². The molecule has 116 valence electrons. The van der Waals surface area contributed by atoms with E-state index >= 15 is 0 Å². The van der Waals surface area contributed by atoms with Gasteiger partial charge in [0.1, 0.15) is 0 Å². The highest BCUT2D eigenvalue weighted by Crippen LogP contribution is 2.29. The molecule has 3 saturated heterocycles. The number of nitrogens with zero attached hydrogens (tertiary/aromatic N) is 2. The molecule has 4 rings (SSSR count). The van der Waals surface area contributed by atoms with E-state index in [4.69, 9.17) is 0 Å². The van der Waals surface area contributed by atoms with Crippen molar-refractivity contribution in [3.8, 4) is 0 Å². The quantitative estimate of drug-likeness (QED) is 0.920. The lowest BCUT2D eigenvalue weighted by Gasteiger charge is -2.50. The van der Waals surface area contributed by atoms with Gasteiger partial charge < -0.3 is 5.32 Å². The third-order valence-electron chi connectivity index (χ3n) is 5.15. The van der Waals surface area contributed by atoms with E-state index in [0.29, 0.717) is 12.1 Å². The van der Waals surface area contributed by atoms with Crippen molar-refractivity contribution in [3.05, 3.63) is 35.4 Å². The second-order valence-corrected chi connectivity index (χ2v) is 7.54. The van der Waals surface area contributed by atoms with E-state index in [-0.39, 0.29) is 5.41 Å². The summed E-state index contributed by atoms with van der Waals surface area (Å²) in [5.41, 5.74) is 3.06. The summed E-state index contributed by atoms with van der Waals surface area (Å²) in [5.74, 6) is 0. The van der Waals surface area contributed by atoms with Crippen LogP contribution in [0.15, 0.2) is 24.3 Å². The molecule has 0 radical (unpaired) electrons. The summed E-state index contributed by atoms with van der Waals surface area (Å²) < 4.78 is 0. The average molecular weight is 287 g/mol.